The standard InChI is InChI=1S/C48H74N12O14/c1-26(2)23-33(57-40(66)29(49)24-28-11-6-5-7-12-28)41(67)53-25-36(61)54-31(13-8-20-52-48(50)51)45(71)59-21-9-14-34(59)43(69)55-30(16-18-37(62)63)42(68)56-32(17-19-38(64)65)46(72)60-22-10-15-35(60)44(70)58-39(27(3)4)47(73)74/h5-7,11-12,26-27,29-35,39H,8-10,13-25,49H2,1-4H3,(H,53,67)(H,54,61)(H,55,69)(H,56,68)(H,57,66)(H,58,70)(H,62,63)(H,64,65)(H,73,74)(H4,50,51,52)/t29-,30-,31-,32-,33-,34-,35-,39-/m0/s1. The van der Waals surface area contributed by atoms with Crippen LogP contribution in [0.25, 0.3) is 0 Å². The average molecular weight is 1040 g/mol. The van der Waals surface area contributed by atoms with Crippen LogP contribution >= 0.6 is 0 Å². The number of rotatable bonds is 30. The lowest BCUT2D eigenvalue weighted by Gasteiger charge is -2.31. The van der Waals surface area contributed by atoms with E-state index in [9.17, 15) is 68.1 Å². The van der Waals surface area contributed by atoms with Gasteiger partial charge in [0.1, 0.15) is 42.3 Å². The highest BCUT2D eigenvalue weighted by molar-refractivity contribution is 5.98. The van der Waals surface area contributed by atoms with Gasteiger partial charge in [-0.25, -0.2) is 4.79 Å². The van der Waals surface area contributed by atoms with Gasteiger partial charge in [-0.2, -0.15) is 0 Å². The Morgan fingerprint density at radius 1 is 0.662 bits per heavy atom. The fourth-order valence-corrected chi connectivity index (χ4v) is 8.61. The maximum Gasteiger partial charge on any atom is 0.326 e. The quantitative estimate of drug-likeness (QED) is 0.0218. The van der Waals surface area contributed by atoms with Crippen molar-refractivity contribution in [1.82, 2.24) is 41.7 Å². The lowest BCUT2D eigenvalue weighted by molar-refractivity contribution is -0.146. The Bertz CT molecular complexity index is 2190. The van der Waals surface area contributed by atoms with E-state index in [0.29, 0.717) is 12.8 Å². The summed E-state index contributed by atoms with van der Waals surface area (Å²) in [5, 5.41) is 43.8. The number of aliphatic imine (C=N–C) groups is 1. The molecule has 15 N–H and O–H groups in total. The third-order valence-corrected chi connectivity index (χ3v) is 12.4. The molecule has 0 saturated carbocycles. The molecule has 26 heteroatoms. The van der Waals surface area contributed by atoms with Gasteiger partial charge in [0.25, 0.3) is 0 Å². The number of nitrogens with one attached hydrogen (secondary N) is 6. The third kappa shape index (κ3) is 19.9. The minimum atomic E-state index is -1.64. The molecule has 26 nitrogen and oxygen atoms in total. The average Bonchev–Trinajstić information content (AvgIpc) is 4.04. The highest BCUT2D eigenvalue weighted by atomic mass is 16.4. The van der Waals surface area contributed by atoms with E-state index in [1.807, 2.05) is 32.0 Å². The number of likely N-dealkylation sites (tertiary alicyclic amines) is 2. The third-order valence-electron chi connectivity index (χ3n) is 12.4. The zero-order chi connectivity index (χ0) is 55.2. The molecule has 0 spiro atoms. The number of nitrogens with two attached hydrogens (primary N) is 3. The van der Waals surface area contributed by atoms with Gasteiger partial charge in [0.15, 0.2) is 5.96 Å². The predicted molar refractivity (Wildman–Crippen MR) is 266 cm³/mol. The molecule has 410 valence electrons. The summed E-state index contributed by atoms with van der Waals surface area (Å²) in [5.41, 5.74) is 17.9. The van der Waals surface area contributed by atoms with Crippen molar-refractivity contribution >= 4 is 71.1 Å². The molecular formula is C48H74N12O14. The van der Waals surface area contributed by atoms with Crippen molar-refractivity contribution < 1.29 is 68.1 Å². The first-order valence-electron chi connectivity index (χ1n) is 24.8. The molecule has 2 aliphatic rings. The van der Waals surface area contributed by atoms with Gasteiger partial charge < -0.3 is 74.2 Å². The van der Waals surface area contributed by atoms with Gasteiger partial charge in [-0.3, -0.25) is 52.9 Å². The number of guanidine groups is 1. The van der Waals surface area contributed by atoms with Crippen LogP contribution in [-0.2, 0) is 59.2 Å². The number of hydrogen-bond donors (Lipinski definition) is 12. The summed E-state index contributed by atoms with van der Waals surface area (Å²) in [5.74, 6) is -11.1. The second kappa shape index (κ2) is 30.0. The second-order valence-corrected chi connectivity index (χ2v) is 19.2. The van der Waals surface area contributed by atoms with E-state index >= 15 is 0 Å². The maximum absolute atomic E-state index is 14.3. The molecule has 3 rings (SSSR count). The molecule has 1 aromatic rings. The molecule has 2 saturated heterocycles. The topological polar surface area (TPSA) is 418 Å². The summed E-state index contributed by atoms with van der Waals surface area (Å²) >= 11 is 0. The molecule has 1 aromatic carbocycles. The molecule has 74 heavy (non-hydrogen) atoms. The van der Waals surface area contributed by atoms with Crippen molar-refractivity contribution in [2.45, 2.75) is 153 Å². The fourth-order valence-electron chi connectivity index (χ4n) is 8.61. The van der Waals surface area contributed by atoms with Gasteiger partial charge in [-0.15, -0.1) is 0 Å². The number of hydrogen-bond acceptors (Lipinski definition) is 13. The van der Waals surface area contributed by atoms with E-state index in [0.717, 1.165) is 10.5 Å². The molecule has 0 unspecified atom stereocenters. The van der Waals surface area contributed by atoms with Crippen LogP contribution in [0.1, 0.15) is 104 Å². The predicted octanol–water partition coefficient (Wildman–Crippen LogP) is -2.35. The highest BCUT2D eigenvalue weighted by Crippen LogP contribution is 2.23. The van der Waals surface area contributed by atoms with Crippen LogP contribution in [-0.4, -0.2) is 171 Å². The van der Waals surface area contributed by atoms with E-state index in [-0.39, 0.29) is 70.0 Å². The van der Waals surface area contributed by atoms with Crippen LogP contribution in [0.5, 0.6) is 0 Å². The minimum absolute atomic E-state index is 0.00871. The number of carboxylic acid groups (broad SMARTS) is 3. The smallest absolute Gasteiger partial charge is 0.326 e. The minimum Gasteiger partial charge on any atom is -0.481 e. The molecule has 8 amide bonds. The Labute approximate surface area is 429 Å². The van der Waals surface area contributed by atoms with Gasteiger partial charge in [0.2, 0.25) is 47.3 Å². The van der Waals surface area contributed by atoms with Gasteiger partial charge in [-0.05, 0) is 81.6 Å². The normalized spacial score (nSPS) is 17.7. The number of benzene rings is 1. The van der Waals surface area contributed by atoms with Crippen molar-refractivity contribution in [3.63, 3.8) is 0 Å². The first kappa shape index (κ1) is 60.9. The Morgan fingerprint density at radius 3 is 1.70 bits per heavy atom. The van der Waals surface area contributed by atoms with Gasteiger partial charge in [0.05, 0.1) is 12.6 Å². The number of aliphatic carboxylic acids is 3. The Hall–Kier alpha value is -7.38. The summed E-state index contributed by atoms with van der Waals surface area (Å²) < 4.78 is 0. The maximum atomic E-state index is 14.3. The van der Waals surface area contributed by atoms with Gasteiger partial charge >= 0.3 is 17.9 Å². The SMILES string of the molecule is CC(C)C[C@H](NC(=O)[C@@H](N)Cc1ccccc1)C(=O)NCC(=O)N[C@@H](CCCN=C(N)N)C(=O)N1CCC[C@H]1C(=O)N[C@@H](CCC(=O)O)C(=O)N[C@@H](CCC(=O)O)C(=O)N1CCC[C@H]1C(=O)N[C@H](C(=O)O)C(C)C. The van der Waals surface area contributed by atoms with Crippen molar-refractivity contribution in [2.24, 2.45) is 34.0 Å². The number of nitrogens with zero attached hydrogens (tertiary/aromatic N) is 3. The van der Waals surface area contributed by atoms with E-state index in [1.165, 1.54) is 4.90 Å². The molecule has 0 radical (unpaired) electrons. The Kier molecular flexibility index (Phi) is 24.7. The zero-order valence-electron chi connectivity index (χ0n) is 42.4. The van der Waals surface area contributed by atoms with Crippen molar-refractivity contribution in [3.8, 4) is 0 Å². The van der Waals surface area contributed by atoms with Crippen molar-refractivity contribution in [3.05, 3.63) is 35.9 Å². The number of carbonyl (C=O) groups excluding carboxylic acids is 8. The Balaban J connectivity index is 1.79. The molecule has 2 fully saturated rings. The molecule has 8 atom stereocenters. The summed E-state index contributed by atoms with van der Waals surface area (Å²) in [6.45, 7) is 6.30. The highest BCUT2D eigenvalue weighted by Gasteiger charge is 2.42. The van der Waals surface area contributed by atoms with Crippen molar-refractivity contribution in [1.29, 1.82) is 0 Å². The lowest BCUT2D eigenvalue weighted by atomic mass is 10.0. The Morgan fingerprint density at radius 2 is 1.19 bits per heavy atom. The molecule has 2 aliphatic heterocycles. The van der Waals surface area contributed by atoms with Crippen LogP contribution in [0.4, 0.5) is 0 Å². The van der Waals surface area contributed by atoms with Crippen LogP contribution < -0.4 is 49.1 Å². The van der Waals surface area contributed by atoms with Crippen LogP contribution in [0, 0.1) is 11.8 Å². The zero-order valence-corrected chi connectivity index (χ0v) is 42.4. The van der Waals surface area contributed by atoms with Crippen LogP contribution in [0.15, 0.2) is 35.3 Å². The molecule has 0 aliphatic carbocycles. The number of carboxylic acids is 3. The summed E-state index contributed by atoms with van der Waals surface area (Å²) in [6.07, 6.45) is -0.893. The summed E-state index contributed by atoms with van der Waals surface area (Å²) in [7, 11) is 0. The molecule has 0 bridgehead atoms. The van der Waals surface area contributed by atoms with Gasteiger partial charge in [0, 0.05) is 32.5 Å². The van der Waals surface area contributed by atoms with E-state index in [4.69, 9.17) is 17.2 Å². The van der Waals surface area contributed by atoms with E-state index in [1.54, 1.807) is 26.0 Å². The van der Waals surface area contributed by atoms with E-state index < -0.39 is 152 Å². The summed E-state index contributed by atoms with van der Waals surface area (Å²) in [4.78, 5) is 151. The van der Waals surface area contributed by atoms with Crippen LogP contribution in [0.2, 0.25) is 0 Å². The largest absolute Gasteiger partial charge is 0.481 e. The lowest BCUT2D eigenvalue weighted by Crippen LogP contribution is -2.59. The van der Waals surface area contributed by atoms with Gasteiger partial charge in [-0.1, -0.05) is 58.0 Å². The molecule has 0 aromatic heterocycles. The first-order valence-corrected chi connectivity index (χ1v) is 24.8. The molecule has 2 heterocycles. The number of amides is 8. The van der Waals surface area contributed by atoms with E-state index in [2.05, 4.69) is 36.9 Å². The first-order chi connectivity index (χ1) is 34.9. The van der Waals surface area contributed by atoms with Crippen LogP contribution in [0.3, 0.4) is 0 Å². The monoisotopic (exact) mass is 1040 g/mol. The summed E-state index contributed by atoms with van der Waals surface area (Å²) in [6, 6.07) is -1.18. The van der Waals surface area contributed by atoms with Crippen molar-refractivity contribution in [2.75, 3.05) is 26.2 Å². The second-order valence-electron chi connectivity index (χ2n) is 19.2. The fraction of sp³-hybridized carbons (Fsp3) is 0.625. The number of carbonyl (C=O) groups is 11. The molecular weight excluding hydrogens is 969 g/mol.